The molecule has 0 bridgehead atoms. The monoisotopic (exact) mass is 426 g/mol. The maximum Gasteiger partial charge on any atom is 0.472 e. The van der Waals surface area contributed by atoms with Crippen LogP contribution in [0.25, 0.3) is 0 Å². The number of ether oxygens (including phenoxy) is 4. The average molecular weight is 426 g/mol. The number of rotatable bonds is 10. The molecular weight excluding hydrogens is 391 g/mol. The van der Waals surface area contributed by atoms with Crippen LogP contribution in [0.15, 0.2) is 0 Å². The van der Waals surface area contributed by atoms with Crippen molar-refractivity contribution in [2.24, 2.45) is 0 Å². The van der Waals surface area contributed by atoms with Crippen molar-refractivity contribution in [2.45, 2.75) is 103 Å². The molecule has 10 heteroatoms. The third kappa shape index (κ3) is 7.00. The molecule has 0 spiro atoms. The summed E-state index contributed by atoms with van der Waals surface area (Å²) in [5.74, 6) is 0. The Bertz CT molecular complexity index is 529. The third-order valence-corrected chi connectivity index (χ3v) is 5.64. The molecule has 2 fully saturated rings. The van der Waals surface area contributed by atoms with Crippen LogP contribution in [0.4, 0.5) is 0 Å². The second-order valence-electron chi connectivity index (χ2n) is 8.03. The predicted molar refractivity (Wildman–Crippen MR) is 101 cm³/mol. The van der Waals surface area contributed by atoms with Gasteiger partial charge in [-0.3, -0.25) is 9.05 Å². The molecule has 0 amide bonds. The van der Waals surface area contributed by atoms with E-state index in [4.69, 9.17) is 28.0 Å². The molecule has 9 nitrogen and oxygen atoms in total. The number of phosphoric ester groups is 1. The van der Waals surface area contributed by atoms with Gasteiger partial charge in [-0.25, -0.2) is 4.57 Å². The number of hydrogen-bond acceptors (Lipinski definition) is 8. The second-order valence-corrected chi connectivity index (χ2v) is 9.44. The van der Waals surface area contributed by atoms with Gasteiger partial charge in [0.1, 0.15) is 24.4 Å². The molecule has 2 rings (SSSR count). The van der Waals surface area contributed by atoms with Gasteiger partial charge in [0.25, 0.3) is 0 Å². The minimum absolute atomic E-state index is 0.00701. The van der Waals surface area contributed by atoms with Gasteiger partial charge in [-0.15, -0.1) is 0 Å². The Morgan fingerprint density at radius 2 is 1.75 bits per heavy atom. The van der Waals surface area contributed by atoms with E-state index in [-0.39, 0.29) is 37.6 Å². The topological polar surface area (TPSA) is 113 Å². The standard InChI is InChI=1S/C18H35O9P/c1-10(2)22-8-16-18(17(19)13(6)26-16)27-28(20,21)23-9-15-14(24-11(3)4)7-12(5)25-15/h10-19H,7-9H2,1-6H3,(H,20,21)/t12-,13-,14?,15?,16+,17?,18?/m0/s1. The fourth-order valence-electron chi connectivity index (χ4n) is 3.38. The zero-order valence-electron chi connectivity index (χ0n) is 17.5. The van der Waals surface area contributed by atoms with Crippen LogP contribution < -0.4 is 0 Å². The molecule has 0 saturated carbocycles. The molecular formula is C18H35O9P. The molecule has 2 aliphatic rings. The van der Waals surface area contributed by atoms with Crippen molar-refractivity contribution >= 4 is 7.82 Å². The second kappa shape index (κ2) is 10.3. The smallest absolute Gasteiger partial charge is 0.388 e. The Morgan fingerprint density at radius 1 is 1.07 bits per heavy atom. The van der Waals surface area contributed by atoms with Crippen LogP contribution in [0.3, 0.4) is 0 Å². The van der Waals surface area contributed by atoms with E-state index in [0.717, 1.165) is 0 Å². The van der Waals surface area contributed by atoms with Gasteiger partial charge in [-0.05, 0) is 41.5 Å². The van der Waals surface area contributed by atoms with Gasteiger partial charge in [0.05, 0.1) is 43.7 Å². The molecule has 166 valence electrons. The minimum atomic E-state index is -4.45. The van der Waals surface area contributed by atoms with E-state index in [2.05, 4.69) is 0 Å². The molecule has 8 atom stereocenters. The summed E-state index contributed by atoms with van der Waals surface area (Å²) in [6, 6.07) is 0. The highest BCUT2D eigenvalue weighted by atomic mass is 31.2. The quantitative estimate of drug-likeness (QED) is 0.507. The molecule has 2 aliphatic heterocycles. The summed E-state index contributed by atoms with van der Waals surface area (Å²) >= 11 is 0. The average Bonchev–Trinajstić information content (AvgIpc) is 3.04. The highest BCUT2D eigenvalue weighted by molar-refractivity contribution is 7.47. The van der Waals surface area contributed by atoms with Crippen molar-refractivity contribution in [3.8, 4) is 0 Å². The molecule has 0 aromatic rings. The lowest BCUT2D eigenvalue weighted by Crippen LogP contribution is -2.37. The summed E-state index contributed by atoms with van der Waals surface area (Å²) in [6.45, 7) is 11.1. The van der Waals surface area contributed by atoms with Crippen LogP contribution in [0.5, 0.6) is 0 Å². The Morgan fingerprint density at radius 3 is 2.36 bits per heavy atom. The van der Waals surface area contributed by atoms with Crippen LogP contribution >= 0.6 is 7.82 Å². The maximum absolute atomic E-state index is 12.5. The van der Waals surface area contributed by atoms with Crippen molar-refractivity contribution in [2.75, 3.05) is 13.2 Å². The Labute approximate surface area is 167 Å². The summed E-state index contributed by atoms with van der Waals surface area (Å²) < 4.78 is 45.6. The first kappa shape index (κ1) is 24.2. The molecule has 0 aromatic heterocycles. The Kier molecular flexibility index (Phi) is 8.88. The van der Waals surface area contributed by atoms with Gasteiger partial charge < -0.3 is 28.9 Å². The normalized spacial score (nSPS) is 38.4. The minimum Gasteiger partial charge on any atom is -0.388 e. The first-order valence-corrected chi connectivity index (χ1v) is 11.4. The Balaban J connectivity index is 1.93. The van der Waals surface area contributed by atoms with Crippen LogP contribution in [0, 0.1) is 0 Å². The summed E-state index contributed by atoms with van der Waals surface area (Å²) in [7, 11) is -4.45. The van der Waals surface area contributed by atoms with Gasteiger partial charge in [-0.2, -0.15) is 0 Å². The maximum atomic E-state index is 12.5. The van der Waals surface area contributed by atoms with Crippen molar-refractivity contribution < 1.29 is 42.6 Å². The van der Waals surface area contributed by atoms with Gasteiger partial charge in [0.2, 0.25) is 0 Å². The lowest BCUT2D eigenvalue weighted by Gasteiger charge is -2.25. The number of hydrogen-bond donors (Lipinski definition) is 2. The molecule has 0 aliphatic carbocycles. The van der Waals surface area contributed by atoms with Crippen molar-refractivity contribution in [1.29, 1.82) is 0 Å². The molecule has 0 radical (unpaired) electrons. The lowest BCUT2D eigenvalue weighted by molar-refractivity contribution is -0.0712. The van der Waals surface area contributed by atoms with E-state index in [9.17, 15) is 14.6 Å². The lowest BCUT2D eigenvalue weighted by atomic mass is 10.1. The van der Waals surface area contributed by atoms with Crippen molar-refractivity contribution in [3.05, 3.63) is 0 Å². The molecule has 2 heterocycles. The van der Waals surface area contributed by atoms with E-state index in [1.54, 1.807) is 6.92 Å². The van der Waals surface area contributed by atoms with Gasteiger partial charge in [-0.1, -0.05) is 0 Å². The first-order chi connectivity index (χ1) is 13.0. The first-order valence-electron chi connectivity index (χ1n) is 9.90. The fraction of sp³-hybridized carbons (Fsp3) is 1.00. The largest absolute Gasteiger partial charge is 0.472 e. The highest BCUT2D eigenvalue weighted by Crippen LogP contribution is 2.48. The molecule has 5 unspecified atom stereocenters. The van der Waals surface area contributed by atoms with Gasteiger partial charge in [0.15, 0.2) is 0 Å². The van der Waals surface area contributed by atoms with Gasteiger partial charge >= 0.3 is 7.82 Å². The van der Waals surface area contributed by atoms with E-state index in [1.807, 2.05) is 34.6 Å². The number of aliphatic hydroxyl groups is 1. The van der Waals surface area contributed by atoms with E-state index < -0.39 is 38.3 Å². The van der Waals surface area contributed by atoms with Gasteiger partial charge in [0, 0.05) is 6.42 Å². The summed E-state index contributed by atoms with van der Waals surface area (Å²) in [6.07, 6.45) is -3.39. The molecule has 28 heavy (non-hydrogen) atoms. The van der Waals surface area contributed by atoms with Crippen LogP contribution in [0.2, 0.25) is 0 Å². The predicted octanol–water partition coefficient (Wildman–Crippen LogP) is 2.03. The summed E-state index contributed by atoms with van der Waals surface area (Å²) in [5, 5.41) is 10.3. The number of aliphatic hydroxyl groups excluding tert-OH is 1. The van der Waals surface area contributed by atoms with Crippen LogP contribution in [-0.2, 0) is 32.6 Å². The fourth-order valence-corrected chi connectivity index (χ4v) is 4.35. The highest BCUT2D eigenvalue weighted by Gasteiger charge is 2.47. The summed E-state index contributed by atoms with van der Waals surface area (Å²) in [4.78, 5) is 10.2. The third-order valence-electron chi connectivity index (χ3n) is 4.66. The SMILES string of the molecule is CC(C)OC[C@H]1O[C@@H](C)C(O)C1OP(=O)(O)OCC1O[C@@H](C)CC1OC(C)C. The van der Waals surface area contributed by atoms with Crippen LogP contribution in [0.1, 0.15) is 48.0 Å². The molecule has 2 saturated heterocycles. The number of phosphoric acid groups is 1. The zero-order chi connectivity index (χ0) is 21.1. The Hall–Kier alpha value is -0.0900. The van der Waals surface area contributed by atoms with Crippen LogP contribution in [-0.4, -0.2) is 78.1 Å². The van der Waals surface area contributed by atoms with E-state index in [1.165, 1.54) is 0 Å². The van der Waals surface area contributed by atoms with E-state index >= 15 is 0 Å². The van der Waals surface area contributed by atoms with E-state index in [0.29, 0.717) is 6.42 Å². The summed E-state index contributed by atoms with van der Waals surface area (Å²) in [5.41, 5.74) is 0. The van der Waals surface area contributed by atoms with Crippen molar-refractivity contribution in [3.63, 3.8) is 0 Å². The molecule has 2 N–H and O–H groups in total. The van der Waals surface area contributed by atoms with Crippen molar-refractivity contribution in [1.82, 2.24) is 0 Å². The molecule has 0 aromatic carbocycles. The zero-order valence-corrected chi connectivity index (χ0v) is 18.4.